The van der Waals surface area contributed by atoms with E-state index < -0.39 is 6.04 Å². The molecule has 2 aromatic carbocycles. The minimum Gasteiger partial charge on any atom is -0.274 e. The van der Waals surface area contributed by atoms with Crippen molar-refractivity contribution in [2.24, 2.45) is 5.92 Å². The first-order chi connectivity index (χ1) is 14.0. The van der Waals surface area contributed by atoms with Crippen molar-refractivity contribution in [3.8, 4) is 0 Å². The number of carbonyl (C=O) groups excluding carboxylic acids is 2. The molecule has 2 aromatic rings. The maximum absolute atomic E-state index is 13.7. The van der Waals surface area contributed by atoms with Gasteiger partial charge in [0, 0.05) is 17.6 Å². The molecule has 3 aliphatic heterocycles. The topological polar surface area (TPSA) is 43.9 Å². The Morgan fingerprint density at radius 2 is 1.41 bits per heavy atom. The Labute approximate surface area is 179 Å². The number of rotatable bonds is 2. The van der Waals surface area contributed by atoms with Crippen molar-refractivity contribution in [2.45, 2.75) is 38.8 Å². The summed E-state index contributed by atoms with van der Waals surface area (Å²) in [6.07, 6.45) is 2.14. The van der Waals surface area contributed by atoms with Crippen molar-refractivity contribution in [1.29, 1.82) is 0 Å². The molecule has 0 radical (unpaired) electrons. The largest absolute Gasteiger partial charge is 0.274 e. The Kier molecular flexibility index (Phi) is 4.61. The molecule has 3 atom stereocenters. The zero-order chi connectivity index (χ0) is 20.3. The number of hydrazine groups is 1. The monoisotopic (exact) mass is 453 g/mol. The van der Waals surface area contributed by atoms with E-state index in [9.17, 15) is 9.59 Å². The van der Waals surface area contributed by atoms with E-state index in [-0.39, 0.29) is 23.8 Å². The lowest BCUT2D eigenvalue weighted by Crippen LogP contribution is -2.50. The van der Waals surface area contributed by atoms with Gasteiger partial charge in [-0.25, -0.2) is 14.9 Å². The summed E-state index contributed by atoms with van der Waals surface area (Å²) in [5, 5.41) is 4.45. The van der Waals surface area contributed by atoms with E-state index in [4.69, 9.17) is 0 Å². The maximum atomic E-state index is 13.7. The van der Waals surface area contributed by atoms with Crippen molar-refractivity contribution < 1.29 is 9.59 Å². The number of carbonyl (C=O) groups is 2. The van der Waals surface area contributed by atoms with Crippen LogP contribution in [-0.2, 0) is 9.59 Å². The van der Waals surface area contributed by atoms with Crippen LogP contribution in [0.5, 0.6) is 0 Å². The minimum absolute atomic E-state index is 0.0697. The second kappa shape index (κ2) is 7.04. The van der Waals surface area contributed by atoms with Crippen molar-refractivity contribution in [1.82, 2.24) is 10.0 Å². The summed E-state index contributed by atoms with van der Waals surface area (Å²) >= 11 is 3.50. The zero-order valence-corrected chi connectivity index (χ0v) is 18.2. The molecule has 3 saturated heterocycles. The standard InChI is InChI=1S/C23H24BrN3O2/c1-14-6-5-7-15(2)19(14)27-22(28)18-20(16-8-10-17(24)11-9-16)25-12-3-4-13-26(25)21(18)23(27)29/h5-11,18,20-21H,3-4,12-13H2,1-2H3/t18-,20-,21+/m0/s1. The molecule has 0 aromatic heterocycles. The molecule has 0 N–H and O–H groups in total. The van der Waals surface area contributed by atoms with Crippen LogP contribution in [0, 0.1) is 19.8 Å². The van der Waals surface area contributed by atoms with Crippen LogP contribution < -0.4 is 4.90 Å². The molecule has 0 saturated carbocycles. The van der Waals surface area contributed by atoms with Gasteiger partial charge in [-0.2, -0.15) is 0 Å². The lowest BCUT2D eigenvalue weighted by atomic mass is 9.90. The highest BCUT2D eigenvalue weighted by atomic mass is 79.9. The number of benzene rings is 2. The fourth-order valence-corrected chi connectivity index (χ4v) is 5.57. The van der Waals surface area contributed by atoms with Gasteiger partial charge in [0.15, 0.2) is 0 Å². The van der Waals surface area contributed by atoms with Crippen LogP contribution in [-0.4, -0.2) is 41.0 Å². The highest BCUT2D eigenvalue weighted by Gasteiger charge is 2.62. The van der Waals surface area contributed by atoms with Crippen LogP contribution in [0.1, 0.15) is 35.6 Å². The van der Waals surface area contributed by atoms with E-state index >= 15 is 0 Å². The summed E-state index contributed by atoms with van der Waals surface area (Å²) in [5.74, 6) is -0.524. The lowest BCUT2D eigenvalue weighted by Gasteiger charge is -2.39. The summed E-state index contributed by atoms with van der Waals surface area (Å²) in [6, 6.07) is 13.6. The van der Waals surface area contributed by atoms with Gasteiger partial charge in [0.2, 0.25) is 5.91 Å². The summed E-state index contributed by atoms with van der Waals surface area (Å²) in [6.45, 7) is 5.65. The van der Waals surface area contributed by atoms with Crippen LogP contribution in [0.25, 0.3) is 0 Å². The van der Waals surface area contributed by atoms with E-state index in [0.717, 1.165) is 52.8 Å². The molecule has 3 heterocycles. The van der Waals surface area contributed by atoms with Gasteiger partial charge in [-0.3, -0.25) is 9.59 Å². The molecule has 6 heteroatoms. The number of amides is 2. The molecular weight excluding hydrogens is 430 g/mol. The summed E-state index contributed by atoms with van der Waals surface area (Å²) in [4.78, 5) is 28.8. The summed E-state index contributed by atoms with van der Waals surface area (Å²) in [7, 11) is 0. The van der Waals surface area contributed by atoms with Crippen molar-refractivity contribution in [3.63, 3.8) is 0 Å². The number of anilines is 1. The van der Waals surface area contributed by atoms with Crippen LogP contribution >= 0.6 is 15.9 Å². The highest BCUT2D eigenvalue weighted by Crippen LogP contribution is 2.49. The quantitative estimate of drug-likeness (QED) is 0.644. The second-order valence-corrected chi connectivity index (χ2v) is 9.17. The third-order valence-corrected chi connectivity index (χ3v) is 7.06. The number of para-hydroxylation sites is 1. The van der Waals surface area contributed by atoms with Gasteiger partial charge in [-0.05, 0) is 55.5 Å². The van der Waals surface area contributed by atoms with Gasteiger partial charge >= 0.3 is 0 Å². The normalized spacial score (nSPS) is 27.4. The van der Waals surface area contributed by atoms with Gasteiger partial charge in [0.1, 0.15) is 6.04 Å². The van der Waals surface area contributed by atoms with Gasteiger partial charge in [-0.15, -0.1) is 0 Å². The van der Waals surface area contributed by atoms with Crippen molar-refractivity contribution in [3.05, 3.63) is 63.6 Å². The van der Waals surface area contributed by atoms with Gasteiger partial charge in [0.05, 0.1) is 17.6 Å². The Morgan fingerprint density at radius 1 is 0.828 bits per heavy atom. The number of hydrogen-bond donors (Lipinski definition) is 0. The molecule has 0 aliphatic carbocycles. The zero-order valence-electron chi connectivity index (χ0n) is 16.6. The van der Waals surface area contributed by atoms with Crippen LogP contribution in [0.3, 0.4) is 0 Å². The summed E-state index contributed by atoms with van der Waals surface area (Å²) < 4.78 is 1.01. The Balaban J connectivity index is 1.62. The predicted molar refractivity (Wildman–Crippen MR) is 115 cm³/mol. The maximum Gasteiger partial charge on any atom is 0.253 e. The van der Waals surface area contributed by atoms with E-state index in [1.165, 1.54) is 4.90 Å². The molecule has 5 rings (SSSR count). The van der Waals surface area contributed by atoms with Crippen LogP contribution in [0.15, 0.2) is 46.9 Å². The number of fused-ring (bicyclic) bond motifs is 3. The molecule has 0 bridgehead atoms. The van der Waals surface area contributed by atoms with Gasteiger partial charge in [0.25, 0.3) is 5.91 Å². The first kappa shape index (κ1) is 19.0. The average molecular weight is 454 g/mol. The van der Waals surface area contributed by atoms with Gasteiger partial charge < -0.3 is 0 Å². The molecule has 0 unspecified atom stereocenters. The number of nitrogens with zero attached hydrogens (tertiary/aromatic N) is 3. The van der Waals surface area contributed by atoms with Gasteiger partial charge in [-0.1, -0.05) is 46.3 Å². The predicted octanol–water partition coefficient (Wildman–Crippen LogP) is 3.99. The molecule has 3 aliphatic rings. The highest BCUT2D eigenvalue weighted by molar-refractivity contribution is 9.10. The van der Waals surface area contributed by atoms with E-state index in [1.54, 1.807) is 0 Å². The fraction of sp³-hybridized carbons (Fsp3) is 0.391. The average Bonchev–Trinajstić information content (AvgIpc) is 3.17. The van der Waals surface area contributed by atoms with Crippen molar-refractivity contribution in [2.75, 3.05) is 18.0 Å². The number of imide groups is 1. The molecule has 5 nitrogen and oxygen atoms in total. The first-order valence-corrected chi connectivity index (χ1v) is 11.0. The lowest BCUT2D eigenvalue weighted by molar-refractivity contribution is -0.130. The molecule has 3 fully saturated rings. The number of aryl methyl sites for hydroxylation is 2. The second-order valence-electron chi connectivity index (χ2n) is 8.25. The van der Waals surface area contributed by atoms with Crippen LogP contribution in [0.4, 0.5) is 5.69 Å². The third-order valence-electron chi connectivity index (χ3n) is 6.53. The smallest absolute Gasteiger partial charge is 0.253 e. The molecule has 2 amide bonds. The van der Waals surface area contributed by atoms with E-state index in [0.29, 0.717) is 0 Å². The van der Waals surface area contributed by atoms with E-state index in [1.807, 2.05) is 44.2 Å². The number of hydrogen-bond acceptors (Lipinski definition) is 4. The van der Waals surface area contributed by atoms with Crippen LogP contribution in [0.2, 0.25) is 0 Å². The van der Waals surface area contributed by atoms with E-state index in [2.05, 4.69) is 38.1 Å². The molecule has 150 valence electrons. The Morgan fingerprint density at radius 3 is 2.03 bits per heavy atom. The summed E-state index contributed by atoms with van der Waals surface area (Å²) in [5.41, 5.74) is 3.77. The number of halogens is 1. The molecule has 0 spiro atoms. The Hall–Kier alpha value is -2.02. The minimum atomic E-state index is -0.407. The van der Waals surface area contributed by atoms with Crippen molar-refractivity contribution >= 4 is 33.4 Å². The fourth-order valence-electron chi connectivity index (χ4n) is 5.30. The SMILES string of the molecule is Cc1cccc(C)c1N1C(=O)[C@@H]2[C@H](C1=O)N1CCCCN1[C@H]2c1ccc(Br)cc1. The third kappa shape index (κ3) is 2.80. The Bertz CT molecular complexity index is 970. The molecular formula is C23H24BrN3O2. The first-order valence-electron chi connectivity index (χ1n) is 10.2. The molecule has 29 heavy (non-hydrogen) atoms.